The minimum atomic E-state index is 0.500. The summed E-state index contributed by atoms with van der Waals surface area (Å²) in [7, 11) is 0. The molecular formula is C12H10ClN3OS. The Morgan fingerprint density at radius 3 is 3.11 bits per heavy atom. The van der Waals surface area contributed by atoms with Crippen LogP contribution in [0.25, 0.3) is 11.1 Å². The van der Waals surface area contributed by atoms with E-state index in [2.05, 4.69) is 15.3 Å². The Bertz CT molecular complexity index is 692. The van der Waals surface area contributed by atoms with Gasteiger partial charge in [-0.15, -0.1) is 11.3 Å². The first-order valence-corrected chi connectivity index (χ1v) is 6.67. The van der Waals surface area contributed by atoms with Crippen molar-refractivity contribution in [2.24, 2.45) is 0 Å². The van der Waals surface area contributed by atoms with Crippen LogP contribution in [0.2, 0.25) is 5.02 Å². The highest BCUT2D eigenvalue weighted by Crippen LogP contribution is 2.23. The van der Waals surface area contributed by atoms with Gasteiger partial charge in [-0.2, -0.15) is 4.98 Å². The van der Waals surface area contributed by atoms with Crippen LogP contribution in [0, 0.1) is 6.92 Å². The van der Waals surface area contributed by atoms with Crippen LogP contribution in [0.3, 0.4) is 0 Å². The zero-order chi connectivity index (χ0) is 12.5. The zero-order valence-corrected chi connectivity index (χ0v) is 11.2. The SMILES string of the molecule is Cc1ncsc1CNc1nc2cc(Cl)ccc2o1. The smallest absolute Gasteiger partial charge is 0.295 e. The third-order valence-corrected chi connectivity index (χ3v) is 3.76. The molecule has 0 saturated heterocycles. The lowest BCUT2D eigenvalue weighted by atomic mass is 10.3. The molecule has 4 nitrogen and oxygen atoms in total. The van der Waals surface area contributed by atoms with Gasteiger partial charge in [0.25, 0.3) is 6.01 Å². The van der Waals surface area contributed by atoms with Gasteiger partial charge in [0.05, 0.1) is 17.7 Å². The van der Waals surface area contributed by atoms with Crippen molar-refractivity contribution in [2.45, 2.75) is 13.5 Å². The van der Waals surface area contributed by atoms with Crippen LogP contribution in [0.4, 0.5) is 6.01 Å². The molecule has 18 heavy (non-hydrogen) atoms. The molecule has 2 heterocycles. The number of aryl methyl sites for hydroxylation is 1. The van der Waals surface area contributed by atoms with Crippen LogP contribution >= 0.6 is 22.9 Å². The highest BCUT2D eigenvalue weighted by molar-refractivity contribution is 7.09. The second kappa shape index (κ2) is 4.59. The van der Waals surface area contributed by atoms with Crippen molar-refractivity contribution in [3.8, 4) is 0 Å². The Balaban J connectivity index is 1.81. The molecule has 0 aliphatic heterocycles. The van der Waals surface area contributed by atoms with E-state index in [9.17, 15) is 0 Å². The molecule has 0 amide bonds. The summed E-state index contributed by atoms with van der Waals surface area (Å²) in [6.45, 7) is 2.65. The molecule has 0 unspecified atom stereocenters. The monoisotopic (exact) mass is 279 g/mol. The fourth-order valence-corrected chi connectivity index (χ4v) is 2.51. The van der Waals surface area contributed by atoms with Gasteiger partial charge in [-0.3, -0.25) is 0 Å². The first kappa shape index (κ1) is 11.5. The number of hydrogen-bond acceptors (Lipinski definition) is 5. The molecule has 3 rings (SSSR count). The second-order valence-corrected chi connectivity index (χ2v) is 5.22. The molecule has 0 aliphatic rings. The van der Waals surface area contributed by atoms with Gasteiger partial charge in [0.15, 0.2) is 5.58 Å². The van der Waals surface area contributed by atoms with Gasteiger partial charge in [0.1, 0.15) is 5.52 Å². The number of oxazole rings is 1. The Morgan fingerprint density at radius 1 is 1.44 bits per heavy atom. The molecule has 1 aromatic carbocycles. The number of nitrogens with one attached hydrogen (secondary N) is 1. The van der Waals surface area contributed by atoms with E-state index in [0.717, 1.165) is 16.8 Å². The average Bonchev–Trinajstić information content (AvgIpc) is 2.92. The summed E-state index contributed by atoms with van der Waals surface area (Å²) < 4.78 is 5.56. The van der Waals surface area contributed by atoms with Gasteiger partial charge in [0.2, 0.25) is 0 Å². The van der Waals surface area contributed by atoms with Crippen molar-refractivity contribution in [2.75, 3.05) is 5.32 Å². The molecule has 0 spiro atoms. The van der Waals surface area contributed by atoms with E-state index in [1.807, 2.05) is 18.5 Å². The molecule has 1 N–H and O–H groups in total. The van der Waals surface area contributed by atoms with Crippen LogP contribution in [-0.4, -0.2) is 9.97 Å². The number of hydrogen-bond donors (Lipinski definition) is 1. The Morgan fingerprint density at radius 2 is 2.33 bits per heavy atom. The molecule has 3 aromatic rings. The van der Waals surface area contributed by atoms with E-state index in [1.165, 1.54) is 4.88 Å². The second-order valence-electron chi connectivity index (χ2n) is 3.85. The highest BCUT2D eigenvalue weighted by Gasteiger charge is 2.07. The number of halogens is 1. The van der Waals surface area contributed by atoms with Crippen LogP contribution in [-0.2, 0) is 6.54 Å². The van der Waals surface area contributed by atoms with Crippen LogP contribution in [0.5, 0.6) is 0 Å². The number of thiazole rings is 1. The quantitative estimate of drug-likeness (QED) is 0.791. The van der Waals surface area contributed by atoms with Crippen LogP contribution < -0.4 is 5.32 Å². The van der Waals surface area contributed by atoms with Crippen molar-refractivity contribution >= 4 is 40.1 Å². The molecule has 0 bridgehead atoms. The third-order valence-electron chi connectivity index (χ3n) is 2.59. The number of nitrogens with zero attached hydrogens (tertiary/aromatic N) is 2. The fourth-order valence-electron chi connectivity index (χ4n) is 1.63. The summed E-state index contributed by atoms with van der Waals surface area (Å²) in [5, 5.41) is 3.80. The van der Waals surface area contributed by atoms with Gasteiger partial charge in [-0.1, -0.05) is 11.6 Å². The van der Waals surface area contributed by atoms with Gasteiger partial charge in [-0.25, -0.2) is 4.98 Å². The Labute approximate surface area is 113 Å². The van der Waals surface area contributed by atoms with E-state index < -0.39 is 0 Å². The molecule has 0 radical (unpaired) electrons. The Kier molecular flexibility index (Phi) is 2.93. The third kappa shape index (κ3) is 2.19. The van der Waals surface area contributed by atoms with E-state index in [-0.39, 0.29) is 0 Å². The number of rotatable bonds is 3. The lowest BCUT2D eigenvalue weighted by Crippen LogP contribution is -1.98. The highest BCUT2D eigenvalue weighted by atomic mass is 35.5. The number of benzene rings is 1. The maximum Gasteiger partial charge on any atom is 0.295 e. The van der Waals surface area contributed by atoms with Crippen molar-refractivity contribution in [1.82, 2.24) is 9.97 Å². The number of aromatic nitrogens is 2. The first-order valence-electron chi connectivity index (χ1n) is 5.41. The molecule has 6 heteroatoms. The summed E-state index contributed by atoms with van der Waals surface area (Å²) in [5.74, 6) is 0. The van der Waals surface area contributed by atoms with Crippen molar-refractivity contribution in [3.05, 3.63) is 39.3 Å². The van der Waals surface area contributed by atoms with Crippen molar-refractivity contribution in [1.29, 1.82) is 0 Å². The maximum atomic E-state index is 5.90. The van der Waals surface area contributed by atoms with Crippen molar-refractivity contribution < 1.29 is 4.42 Å². The summed E-state index contributed by atoms with van der Waals surface area (Å²) >= 11 is 7.51. The summed E-state index contributed by atoms with van der Waals surface area (Å²) in [6, 6.07) is 5.88. The molecule has 0 fully saturated rings. The number of fused-ring (bicyclic) bond motifs is 1. The van der Waals surface area contributed by atoms with Crippen molar-refractivity contribution in [3.63, 3.8) is 0 Å². The van der Waals surface area contributed by atoms with E-state index >= 15 is 0 Å². The summed E-state index contributed by atoms with van der Waals surface area (Å²) in [4.78, 5) is 9.69. The molecule has 0 saturated carbocycles. The summed E-state index contributed by atoms with van der Waals surface area (Å²) in [6.07, 6.45) is 0. The number of anilines is 1. The fraction of sp³-hybridized carbons (Fsp3) is 0.167. The lowest BCUT2D eigenvalue weighted by Gasteiger charge is -1.98. The predicted molar refractivity (Wildman–Crippen MR) is 73.2 cm³/mol. The van der Waals surface area contributed by atoms with E-state index in [0.29, 0.717) is 17.6 Å². The Hall–Kier alpha value is -1.59. The average molecular weight is 280 g/mol. The van der Waals surface area contributed by atoms with E-state index in [1.54, 1.807) is 23.5 Å². The standard InChI is InChI=1S/C12H10ClN3OS/c1-7-11(18-6-15-7)5-14-12-16-9-4-8(13)2-3-10(9)17-12/h2-4,6H,5H2,1H3,(H,14,16). The molecule has 0 aliphatic carbocycles. The largest absolute Gasteiger partial charge is 0.424 e. The zero-order valence-electron chi connectivity index (χ0n) is 9.61. The molecule has 92 valence electrons. The predicted octanol–water partition coefficient (Wildman–Crippen LogP) is 3.86. The van der Waals surface area contributed by atoms with E-state index in [4.69, 9.17) is 16.0 Å². The topological polar surface area (TPSA) is 51.0 Å². The molecular weight excluding hydrogens is 270 g/mol. The van der Waals surface area contributed by atoms with Crippen LogP contribution in [0.1, 0.15) is 10.6 Å². The minimum Gasteiger partial charge on any atom is -0.424 e. The molecule has 2 aromatic heterocycles. The van der Waals surface area contributed by atoms with Gasteiger partial charge >= 0.3 is 0 Å². The normalized spacial score (nSPS) is 11.0. The van der Waals surface area contributed by atoms with Gasteiger partial charge in [0, 0.05) is 9.90 Å². The maximum absolute atomic E-state index is 5.90. The van der Waals surface area contributed by atoms with Gasteiger partial charge in [-0.05, 0) is 25.1 Å². The first-order chi connectivity index (χ1) is 8.72. The lowest BCUT2D eigenvalue weighted by molar-refractivity contribution is 0.614. The van der Waals surface area contributed by atoms with Crippen LogP contribution in [0.15, 0.2) is 28.1 Å². The van der Waals surface area contributed by atoms with Gasteiger partial charge < -0.3 is 9.73 Å². The summed E-state index contributed by atoms with van der Waals surface area (Å²) in [5.41, 5.74) is 4.35. The molecule has 0 atom stereocenters. The minimum absolute atomic E-state index is 0.500.